The first-order chi connectivity index (χ1) is 17.1. The smallest absolute Gasteiger partial charge is 0.407 e. The van der Waals surface area contributed by atoms with E-state index in [-0.39, 0.29) is 11.9 Å². The van der Waals surface area contributed by atoms with Gasteiger partial charge in [0.2, 0.25) is 0 Å². The van der Waals surface area contributed by atoms with Crippen molar-refractivity contribution in [2.75, 3.05) is 13.1 Å². The minimum atomic E-state index is -0.558. The van der Waals surface area contributed by atoms with Crippen molar-refractivity contribution in [3.63, 3.8) is 0 Å². The first-order valence-corrected chi connectivity index (χ1v) is 12.4. The number of nitrogens with zero attached hydrogens (tertiary/aromatic N) is 4. The molecule has 2 aromatic carbocycles. The van der Waals surface area contributed by atoms with Crippen molar-refractivity contribution in [2.24, 2.45) is 14.1 Å². The molecule has 0 saturated carbocycles. The Morgan fingerprint density at radius 3 is 2.56 bits per heavy atom. The largest absolute Gasteiger partial charge is 0.444 e. The Morgan fingerprint density at radius 2 is 1.81 bits per heavy atom. The van der Waals surface area contributed by atoms with E-state index in [9.17, 15) is 9.59 Å². The van der Waals surface area contributed by atoms with Gasteiger partial charge in [0.15, 0.2) is 5.82 Å². The minimum absolute atomic E-state index is 0.0515. The number of benzene rings is 2. The lowest BCUT2D eigenvalue weighted by molar-refractivity contribution is 0.0452. The van der Waals surface area contributed by atoms with Crippen LogP contribution in [0.2, 0.25) is 0 Å². The number of alkyl carbamates (subject to hydrolysis) is 1. The number of piperidine rings is 1. The summed E-state index contributed by atoms with van der Waals surface area (Å²) in [6, 6.07) is 16.0. The number of fused-ring (bicyclic) bond motifs is 2. The molecule has 1 aliphatic heterocycles. The summed E-state index contributed by atoms with van der Waals surface area (Å²) in [7, 11) is 4.05. The average Bonchev–Trinajstić information content (AvgIpc) is 3.33. The van der Waals surface area contributed by atoms with Gasteiger partial charge in [0, 0.05) is 49.7 Å². The Kier molecular flexibility index (Phi) is 5.98. The number of para-hydroxylation sites is 1. The predicted octanol–water partition coefficient (Wildman–Crippen LogP) is 4.86. The monoisotopic (exact) mass is 487 g/mol. The van der Waals surface area contributed by atoms with Crippen LogP contribution in [0.1, 0.15) is 44.0 Å². The standard InChI is InChI=1S/C28H33N5O3/c1-28(2,3)36-27(35)29-20-10-8-14-33(17-20)26(34)19-12-13-23-21(15-19)30-25(32(23)5)24-16-18-9-6-7-11-22(18)31(24)4/h6-7,9,11-13,15-16,20H,8,10,14,17H2,1-5H3,(H,29,35). The second kappa shape index (κ2) is 9.00. The first kappa shape index (κ1) is 23.9. The number of nitrogens with one attached hydrogen (secondary N) is 1. The lowest BCUT2D eigenvalue weighted by atomic mass is 10.0. The van der Waals surface area contributed by atoms with Crippen LogP contribution < -0.4 is 5.32 Å². The zero-order valence-electron chi connectivity index (χ0n) is 21.5. The van der Waals surface area contributed by atoms with E-state index >= 15 is 0 Å². The summed E-state index contributed by atoms with van der Waals surface area (Å²) in [6.07, 6.45) is 1.19. The Balaban J connectivity index is 1.37. The van der Waals surface area contributed by atoms with Crippen LogP contribution >= 0.6 is 0 Å². The summed E-state index contributed by atoms with van der Waals surface area (Å²) in [5.74, 6) is 0.803. The number of carbonyl (C=O) groups excluding carboxylic acids is 2. The Labute approximate surface area is 210 Å². The van der Waals surface area contributed by atoms with E-state index < -0.39 is 11.7 Å². The van der Waals surface area contributed by atoms with Gasteiger partial charge in [-0.15, -0.1) is 0 Å². The Hall–Kier alpha value is -3.81. The van der Waals surface area contributed by atoms with Gasteiger partial charge in [0.25, 0.3) is 5.91 Å². The third-order valence-corrected chi connectivity index (χ3v) is 6.74. The van der Waals surface area contributed by atoms with Crippen LogP contribution in [0.5, 0.6) is 0 Å². The molecule has 5 rings (SSSR count). The zero-order valence-corrected chi connectivity index (χ0v) is 21.5. The third-order valence-electron chi connectivity index (χ3n) is 6.74. The van der Waals surface area contributed by atoms with E-state index in [1.165, 1.54) is 0 Å². The number of hydrogen-bond donors (Lipinski definition) is 1. The van der Waals surface area contributed by atoms with Crippen molar-refractivity contribution >= 4 is 33.9 Å². The van der Waals surface area contributed by atoms with Crippen LogP contribution in [0, 0.1) is 0 Å². The Bertz CT molecular complexity index is 1460. The molecular weight excluding hydrogens is 454 g/mol. The molecule has 0 radical (unpaired) electrons. The van der Waals surface area contributed by atoms with Crippen molar-refractivity contribution in [3.8, 4) is 11.5 Å². The van der Waals surface area contributed by atoms with Gasteiger partial charge in [-0.05, 0) is 63.9 Å². The number of aryl methyl sites for hydroxylation is 2. The maximum atomic E-state index is 13.4. The van der Waals surface area contributed by atoms with Gasteiger partial charge in [-0.1, -0.05) is 18.2 Å². The molecule has 0 aliphatic carbocycles. The number of hydrogen-bond acceptors (Lipinski definition) is 4. The van der Waals surface area contributed by atoms with E-state index in [0.717, 1.165) is 46.3 Å². The number of amides is 2. The number of rotatable bonds is 3. The molecule has 0 bridgehead atoms. The minimum Gasteiger partial charge on any atom is -0.444 e. The second-order valence-corrected chi connectivity index (χ2v) is 10.6. The SMILES string of the molecule is Cn1c(-c2nc3cc(C(=O)N4CCCC(NC(=O)OC(C)(C)C)C4)ccc3n2C)cc2ccccc21. The van der Waals surface area contributed by atoms with Gasteiger partial charge in [-0.25, -0.2) is 9.78 Å². The van der Waals surface area contributed by atoms with Crippen LogP contribution in [0.15, 0.2) is 48.5 Å². The molecule has 3 heterocycles. The molecule has 0 spiro atoms. The van der Waals surface area contributed by atoms with Crippen LogP contribution in [0.4, 0.5) is 4.79 Å². The fourth-order valence-corrected chi connectivity index (χ4v) is 5.00. The van der Waals surface area contributed by atoms with Crippen LogP contribution in [-0.2, 0) is 18.8 Å². The molecule has 1 aliphatic rings. The number of ether oxygens (including phenoxy) is 1. The summed E-state index contributed by atoms with van der Waals surface area (Å²) >= 11 is 0. The maximum Gasteiger partial charge on any atom is 0.407 e. The number of carbonyl (C=O) groups is 2. The lowest BCUT2D eigenvalue weighted by Crippen LogP contribution is -2.50. The molecular formula is C28H33N5O3. The summed E-state index contributed by atoms with van der Waals surface area (Å²) in [4.78, 5) is 32.3. The molecule has 1 unspecified atom stereocenters. The lowest BCUT2D eigenvalue weighted by Gasteiger charge is -2.33. The number of aromatic nitrogens is 3. The highest BCUT2D eigenvalue weighted by molar-refractivity contribution is 5.98. The summed E-state index contributed by atoms with van der Waals surface area (Å²) < 4.78 is 9.60. The highest BCUT2D eigenvalue weighted by Crippen LogP contribution is 2.29. The van der Waals surface area contributed by atoms with Gasteiger partial charge in [0.1, 0.15) is 5.60 Å². The average molecular weight is 488 g/mol. The van der Waals surface area contributed by atoms with Crippen LogP contribution in [0.25, 0.3) is 33.5 Å². The molecule has 1 atom stereocenters. The topological polar surface area (TPSA) is 81.4 Å². The molecule has 1 N–H and O–H groups in total. The molecule has 2 amide bonds. The molecule has 1 saturated heterocycles. The van der Waals surface area contributed by atoms with E-state index in [4.69, 9.17) is 9.72 Å². The van der Waals surface area contributed by atoms with E-state index in [1.807, 2.05) is 65.2 Å². The van der Waals surface area contributed by atoms with Crippen molar-refractivity contribution in [2.45, 2.75) is 45.3 Å². The second-order valence-electron chi connectivity index (χ2n) is 10.6. The highest BCUT2D eigenvalue weighted by atomic mass is 16.6. The molecule has 1 fully saturated rings. The quantitative estimate of drug-likeness (QED) is 0.447. The van der Waals surface area contributed by atoms with E-state index in [0.29, 0.717) is 18.7 Å². The molecule has 2 aromatic heterocycles. The summed E-state index contributed by atoms with van der Waals surface area (Å²) in [5.41, 5.74) is 3.96. The normalized spacial score (nSPS) is 16.5. The predicted molar refractivity (Wildman–Crippen MR) is 141 cm³/mol. The number of likely N-dealkylation sites (tertiary alicyclic amines) is 1. The van der Waals surface area contributed by atoms with Crippen molar-refractivity contribution in [3.05, 3.63) is 54.1 Å². The third kappa shape index (κ3) is 4.55. The van der Waals surface area contributed by atoms with Gasteiger partial charge in [0.05, 0.1) is 16.7 Å². The first-order valence-electron chi connectivity index (χ1n) is 12.4. The van der Waals surface area contributed by atoms with Gasteiger partial charge in [-0.3, -0.25) is 4.79 Å². The van der Waals surface area contributed by atoms with Gasteiger partial charge < -0.3 is 24.1 Å². The van der Waals surface area contributed by atoms with E-state index in [1.54, 1.807) is 4.90 Å². The maximum absolute atomic E-state index is 13.4. The Morgan fingerprint density at radius 1 is 1.03 bits per heavy atom. The van der Waals surface area contributed by atoms with Crippen LogP contribution in [0.3, 0.4) is 0 Å². The fraction of sp³-hybridized carbons (Fsp3) is 0.393. The summed E-state index contributed by atoms with van der Waals surface area (Å²) in [5, 5.41) is 4.08. The van der Waals surface area contributed by atoms with Gasteiger partial charge in [-0.2, -0.15) is 0 Å². The molecule has 188 valence electrons. The van der Waals surface area contributed by atoms with Crippen LogP contribution in [-0.4, -0.2) is 55.8 Å². The molecule has 8 heteroatoms. The highest BCUT2D eigenvalue weighted by Gasteiger charge is 2.27. The molecule has 36 heavy (non-hydrogen) atoms. The molecule has 8 nitrogen and oxygen atoms in total. The molecule has 4 aromatic rings. The van der Waals surface area contributed by atoms with Gasteiger partial charge >= 0.3 is 6.09 Å². The van der Waals surface area contributed by atoms with Crippen molar-refractivity contribution < 1.29 is 14.3 Å². The van der Waals surface area contributed by atoms with Crippen molar-refractivity contribution in [1.82, 2.24) is 24.3 Å². The zero-order chi connectivity index (χ0) is 25.6. The fourth-order valence-electron chi connectivity index (χ4n) is 5.00. The summed E-state index contributed by atoms with van der Waals surface area (Å²) in [6.45, 7) is 6.63. The number of imidazole rings is 1. The van der Waals surface area contributed by atoms with Crippen molar-refractivity contribution in [1.29, 1.82) is 0 Å². The van der Waals surface area contributed by atoms with E-state index in [2.05, 4.69) is 32.7 Å².